The van der Waals surface area contributed by atoms with Crippen molar-refractivity contribution in [2.45, 2.75) is 40.5 Å². The van der Waals surface area contributed by atoms with Crippen LogP contribution in [-0.4, -0.2) is 19.7 Å². The molecule has 1 rings (SSSR count). The van der Waals surface area contributed by atoms with Crippen LogP contribution in [-0.2, 0) is 0 Å². The van der Waals surface area contributed by atoms with E-state index in [-0.39, 0.29) is 0 Å². The number of aryl methyl sites for hydroxylation is 2. The lowest BCUT2D eigenvalue weighted by molar-refractivity contribution is 0.312. The van der Waals surface area contributed by atoms with Gasteiger partial charge in [0.1, 0.15) is 12.4 Å². The van der Waals surface area contributed by atoms with Crippen molar-refractivity contribution < 1.29 is 4.74 Å². The molecule has 0 radical (unpaired) electrons. The van der Waals surface area contributed by atoms with Crippen molar-refractivity contribution in [1.82, 2.24) is 5.32 Å². The van der Waals surface area contributed by atoms with Gasteiger partial charge >= 0.3 is 0 Å². The first kappa shape index (κ1) is 15.0. The predicted molar refractivity (Wildman–Crippen MR) is 78.4 cm³/mol. The lowest BCUT2D eigenvalue weighted by Crippen LogP contribution is -2.22. The van der Waals surface area contributed by atoms with Crippen LogP contribution in [0.25, 0.3) is 0 Å². The van der Waals surface area contributed by atoms with E-state index in [1.165, 1.54) is 24.0 Å². The SMILES string of the molecule is Cc1cc(C)cc(OCCNCCCC(C)C)c1. The van der Waals surface area contributed by atoms with Crippen LogP contribution in [0.3, 0.4) is 0 Å². The number of benzene rings is 1. The van der Waals surface area contributed by atoms with Crippen LogP contribution in [0.15, 0.2) is 18.2 Å². The first-order valence-electron chi connectivity index (χ1n) is 6.99. The number of hydrogen-bond acceptors (Lipinski definition) is 2. The molecule has 0 aromatic heterocycles. The summed E-state index contributed by atoms with van der Waals surface area (Å²) in [6.07, 6.45) is 2.55. The molecule has 0 fully saturated rings. The molecular weight excluding hydrogens is 222 g/mol. The molecule has 1 aromatic carbocycles. The summed E-state index contributed by atoms with van der Waals surface area (Å²) < 4.78 is 5.73. The van der Waals surface area contributed by atoms with E-state index in [0.717, 1.165) is 31.4 Å². The van der Waals surface area contributed by atoms with E-state index in [1.807, 2.05) is 0 Å². The van der Waals surface area contributed by atoms with Gasteiger partial charge in [0, 0.05) is 6.54 Å². The monoisotopic (exact) mass is 249 g/mol. The highest BCUT2D eigenvalue weighted by Crippen LogP contribution is 2.15. The summed E-state index contributed by atoms with van der Waals surface area (Å²) in [5, 5.41) is 3.42. The Morgan fingerprint density at radius 2 is 1.72 bits per heavy atom. The molecule has 0 heterocycles. The van der Waals surface area contributed by atoms with Crippen LogP contribution < -0.4 is 10.1 Å². The quantitative estimate of drug-likeness (QED) is 0.709. The van der Waals surface area contributed by atoms with Gasteiger partial charge in [-0.3, -0.25) is 0 Å². The molecule has 0 atom stereocenters. The van der Waals surface area contributed by atoms with E-state index in [4.69, 9.17) is 4.74 Å². The van der Waals surface area contributed by atoms with Gasteiger partial charge in [0.15, 0.2) is 0 Å². The second-order valence-corrected chi connectivity index (χ2v) is 5.46. The Kier molecular flexibility index (Phi) is 6.81. The number of rotatable bonds is 8. The van der Waals surface area contributed by atoms with E-state index in [0.29, 0.717) is 0 Å². The molecule has 2 nitrogen and oxygen atoms in total. The average molecular weight is 249 g/mol. The maximum Gasteiger partial charge on any atom is 0.119 e. The third kappa shape index (κ3) is 6.65. The van der Waals surface area contributed by atoms with Crippen LogP contribution >= 0.6 is 0 Å². The van der Waals surface area contributed by atoms with Crippen molar-refractivity contribution in [3.05, 3.63) is 29.3 Å². The summed E-state index contributed by atoms with van der Waals surface area (Å²) in [7, 11) is 0. The third-order valence-corrected chi connectivity index (χ3v) is 2.88. The Morgan fingerprint density at radius 3 is 2.33 bits per heavy atom. The summed E-state index contributed by atoms with van der Waals surface area (Å²) in [5.74, 6) is 1.79. The van der Waals surface area contributed by atoms with Crippen LogP contribution in [0.1, 0.15) is 37.8 Å². The summed E-state index contributed by atoms with van der Waals surface area (Å²) in [6.45, 7) is 11.5. The van der Waals surface area contributed by atoms with Gasteiger partial charge in [-0.1, -0.05) is 19.9 Å². The van der Waals surface area contributed by atoms with Gasteiger partial charge in [0.05, 0.1) is 0 Å². The maximum atomic E-state index is 5.73. The van der Waals surface area contributed by atoms with E-state index in [2.05, 4.69) is 51.2 Å². The van der Waals surface area contributed by atoms with Gasteiger partial charge in [0.2, 0.25) is 0 Å². The zero-order valence-electron chi connectivity index (χ0n) is 12.3. The largest absolute Gasteiger partial charge is 0.492 e. The molecule has 0 unspecified atom stereocenters. The minimum atomic E-state index is 0.741. The molecule has 1 N–H and O–H groups in total. The van der Waals surface area contributed by atoms with Gasteiger partial charge in [-0.25, -0.2) is 0 Å². The fourth-order valence-electron chi connectivity index (χ4n) is 2.02. The summed E-state index contributed by atoms with van der Waals surface area (Å²) in [6, 6.07) is 6.34. The molecule has 0 saturated heterocycles. The standard InChI is InChI=1S/C16H27NO/c1-13(2)6-5-7-17-8-9-18-16-11-14(3)10-15(4)12-16/h10-13,17H,5-9H2,1-4H3. The second-order valence-electron chi connectivity index (χ2n) is 5.46. The Morgan fingerprint density at radius 1 is 1.06 bits per heavy atom. The Hall–Kier alpha value is -1.02. The first-order valence-corrected chi connectivity index (χ1v) is 6.99. The van der Waals surface area contributed by atoms with Crippen LogP contribution in [0, 0.1) is 19.8 Å². The minimum absolute atomic E-state index is 0.741. The third-order valence-electron chi connectivity index (χ3n) is 2.88. The highest BCUT2D eigenvalue weighted by molar-refractivity contribution is 5.32. The van der Waals surface area contributed by atoms with Gasteiger partial charge in [-0.15, -0.1) is 0 Å². The predicted octanol–water partition coefficient (Wildman–Crippen LogP) is 3.71. The first-order chi connectivity index (χ1) is 8.58. The van der Waals surface area contributed by atoms with Gasteiger partial charge < -0.3 is 10.1 Å². The molecule has 2 heteroatoms. The highest BCUT2D eigenvalue weighted by atomic mass is 16.5. The maximum absolute atomic E-state index is 5.73. The van der Waals surface area contributed by atoms with Crippen molar-refractivity contribution >= 4 is 0 Å². The smallest absolute Gasteiger partial charge is 0.119 e. The van der Waals surface area contributed by atoms with Crippen molar-refractivity contribution in [3.8, 4) is 5.75 Å². The molecule has 0 saturated carbocycles. The lowest BCUT2D eigenvalue weighted by Gasteiger charge is -2.09. The molecule has 0 spiro atoms. The Bertz CT molecular complexity index is 327. The molecule has 0 aliphatic rings. The second kappa shape index (κ2) is 8.15. The van der Waals surface area contributed by atoms with E-state index in [9.17, 15) is 0 Å². The highest BCUT2D eigenvalue weighted by Gasteiger charge is 1.97. The Labute approximate surface area is 112 Å². The summed E-state index contributed by atoms with van der Waals surface area (Å²) in [4.78, 5) is 0. The molecule has 1 aromatic rings. The van der Waals surface area contributed by atoms with Crippen molar-refractivity contribution in [2.75, 3.05) is 19.7 Å². The summed E-state index contributed by atoms with van der Waals surface area (Å²) >= 11 is 0. The average Bonchev–Trinajstić information content (AvgIpc) is 2.26. The molecule has 0 bridgehead atoms. The zero-order chi connectivity index (χ0) is 13.4. The van der Waals surface area contributed by atoms with Crippen LogP contribution in [0.2, 0.25) is 0 Å². The molecular formula is C16H27NO. The molecule has 0 aliphatic heterocycles. The molecule has 0 amide bonds. The van der Waals surface area contributed by atoms with Gasteiger partial charge in [-0.05, 0) is 62.4 Å². The molecule has 0 aliphatic carbocycles. The van der Waals surface area contributed by atoms with Crippen LogP contribution in [0.4, 0.5) is 0 Å². The summed E-state index contributed by atoms with van der Waals surface area (Å²) in [5.41, 5.74) is 2.52. The van der Waals surface area contributed by atoms with E-state index < -0.39 is 0 Å². The fraction of sp³-hybridized carbons (Fsp3) is 0.625. The van der Waals surface area contributed by atoms with Crippen molar-refractivity contribution in [1.29, 1.82) is 0 Å². The zero-order valence-corrected chi connectivity index (χ0v) is 12.3. The van der Waals surface area contributed by atoms with E-state index >= 15 is 0 Å². The normalized spacial score (nSPS) is 10.9. The molecule has 102 valence electrons. The molecule has 18 heavy (non-hydrogen) atoms. The topological polar surface area (TPSA) is 21.3 Å². The number of ether oxygens (including phenoxy) is 1. The minimum Gasteiger partial charge on any atom is -0.492 e. The Balaban J connectivity index is 2.10. The number of hydrogen-bond donors (Lipinski definition) is 1. The van der Waals surface area contributed by atoms with Crippen LogP contribution in [0.5, 0.6) is 5.75 Å². The van der Waals surface area contributed by atoms with Crippen molar-refractivity contribution in [2.24, 2.45) is 5.92 Å². The van der Waals surface area contributed by atoms with E-state index in [1.54, 1.807) is 0 Å². The fourth-order valence-corrected chi connectivity index (χ4v) is 2.02. The van der Waals surface area contributed by atoms with Gasteiger partial charge in [-0.2, -0.15) is 0 Å². The van der Waals surface area contributed by atoms with Crippen molar-refractivity contribution in [3.63, 3.8) is 0 Å². The lowest BCUT2D eigenvalue weighted by atomic mass is 10.1. The van der Waals surface area contributed by atoms with Gasteiger partial charge in [0.25, 0.3) is 0 Å². The number of nitrogens with one attached hydrogen (secondary N) is 1.